The molecule has 0 aromatic carbocycles. The lowest BCUT2D eigenvalue weighted by atomic mass is 9.97. The number of nitrogens with one attached hydrogen (secondary N) is 1. The molecule has 2 unspecified atom stereocenters. The third-order valence-electron chi connectivity index (χ3n) is 4.43. The molecule has 2 bridgehead atoms. The van der Waals surface area contributed by atoms with Crippen LogP contribution < -0.4 is 5.32 Å². The lowest BCUT2D eigenvalue weighted by Gasteiger charge is -2.37. The molecular weight excluding hydrogens is 292 g/mol. The highest BCUT2D eigenvalue weighted by Gasteiger charge is 2.37. The zero-order valence-corrected chi connectivity index (χ0v) is 13.3. The Bertz CT molecular complexity index is 478. The summed E-state index contributed by atoms with van der Waals surface area (Å²) in [5.74, 6) is 0.123. The van der Waals surface area contributed by atoms with Crippen molar-refractivity contribution >= 4 is 28.8 Å². The molecule has 110 valence electrons. The minimum atomic E-state index is 0.123. The van der Waals surface area contributed by atoms with Gasteiger partial charge in [0.2, 0.25) is 0 Å². The maximum atomic E-state index is 12.8. The molecule has 1 aromatic rings. The molecule has 2 saturated heterocycles. The highest BCUT2D eigenvalue weighted by atomic mass is 35.5. The van der Waals surface area contributed by atoms with Crippen LogP contribution in [-0.2, 0) is 0 Å². The van der Waals surface area contributed by atoms with Gasteiger partial charge in [-0.3, -0.25) is 4.79 Å². The van der Waals surface area contributed by atoms with E-state index in [2.05, 4.69) is 17.1 Å². The number of halogens is 1. The van der Waals surface area contributed by atoms with E-state index in [1.165, 1.54) is 24.2 Å². The van der Waals surface area contributed by atoms with Crippen LogP contribution in [0.4, 0.5) is 0 Å². The van der Waals surface area contributed by atoms with Gasteiger partial charge < -0.3 is 10.2 Å². The molecule has 0 aliphatic carbocycles. The number of rotatable bonds is 4. The molecule has 3 rings (SSSR count). The molecule has 3 heterocycles. The molecule has 2 fully saturated rings. The van der Waals surface area contributed by atoms with E-state index in [0.717, 1.165) is 25.8 Å². The third kappa shape index (κ3) is 2.74. The monoisotopic (exact) mass is 312 g/mol. The number of hydrogen-bond donors (Lipinski definition) is 1. The van der Waals surface area contributed by atoms with E-state index in [0.29, 0.717) is 28.0 Å². The van der Waals surface area contributed by atoms with Crippen molar-refractivity contribution in [1.82, 2.24) is 10.2 Å². The van der Waals surface area contributed by atoms with Gasteiger partial charge in [-0.1, -0.05) is 18.5 Å². The van der Waals surface area contributed by atoms with Crippen molar-refractivity contribution in [3.8, 4) is 0 Å². The van der Waals surface area contributed by atoms with Gasteiger partial charge in [-0.2, -0.15) is 0 Å². The van der Waals surface area contributed by atoms with Crippen molar-refractivity contribution < 1.29 is 4.79 Å². The Labute approximate surface area is 129 Å². The summed E-state index contributed by atoms with van der Waals surface area (Å²) in [5, 5.41) is 6.13. The van der Waals surface area contributed by atoms with Crippen LogP contribution >= 0.6 is 22.9 Å². The van der Waals surface area contributed by atoms with Crippen LogP contribution in [0.1, 0.15) is 48.7 Å². The van der Waals surface area contributed by atoms with Crippen molar-refractivity contribution in [2.45, 2.75) is 57.2 Å². The van der Waals surface area contributed by atoms with Gasteiger partial charge in [0, 0.05) is 24.7 Å². The van der Waals surface area contributed by atoms with Crippen LogP contribution in [0, 0.1) is 0 Å². The maximum absolute atomic E-state index is 12.8. The number of piperidine rings is 1. The van der Waals surface area contributed by atoms with Crippen LogP contribution in [0.3, 0.4) is 0 Å². The Kier molecular flexibility index (Phi) is 4.34. The van der Waals surface area contributed by atoms with Crippen molar-refractivity contribution in [3.05, 3.63) is 21.3 Å². The molecule has 1 N–H and O–H groups in total. The van der Waals surface area contributed by atoms with E-state index in [1.807, 2.05) is 11.4 Å². The van der Waals surface area contributed by atoms with E-state index in [-0.39, 0.29) is 5.91 Å². The fraction of sp³-hybridized carbons (Fsp3) is 0.667. The molecule has 2 aliphatic heterocycles. The van der Waals surface area contributed by atoms with Crippen LogP contribution in [0.15, 0.2) is 11.4 Å². The van der Waals surface area contributed by atoms with Crippen LogP contribution in [0.2, 0.25) is 5.02 Å². The van der Waals surface area contributed by atoms with Gasteiger partial charge in [-0.05, 0) is 43.6 Å². The quantitative estimate of drug-likeness (QED) is 0.922. The summed E-state index contributed by atoms with van der Waals surface area (Å²) in [6, 6.07) is 3.39. The largest absolute Gasteiger partial charge is 0.335 e. The number of nitrogens with zero attached hydrogens (tertiary/aromatic N) is 1. The second kappa shape index (κ2) is 6.04. The zero-order chi connectivity index (χ0) is 14.1. The topological polar surface area (TPSA) is 32.3 Å². The summed E-state index contributed by atoms with van der Waals surface area (Å²) in [4.78, 5) is 15.6. The molecule has 20 heavy (non-hydrogen) atoms. The number of carbonyl (C=O) groups excluding carboxylic acids is 1. The Balaban J connectivity index is 1.78. The second-order valence-corrected chi connectivity index (χ2v) is 7.18. The molecule has 1 amide bonds. The predicted octanol–water partition coefficient (Wildman–Crippen LogP) is 3.54. The van der Waals surface area contributed by atoms with Gasteiger partial charge in [0.25, 0.3) is 5.91 Å². The van der Waals surface area contributed by atoms with E-state index in [1.54, 1.807) is 0 Å². The summed E-state index contributed by atoms with van der Waals surface area (Å²) < 4.78 is 0. The zero-order valence-electron chi connectivity index (χ0n) is 11.8. The summed E-state index contributed by atoms with van der Waals surface area (Å²) in [5.41, 5.74) is 0. The molecule has 0 saturated carbocycles. The van der Waals surface area contributed by atoms with Crippen molar-refractivity contribution in [3.63, 3.8) is 0 Å². The third-order valence-corrected chi connectivity index (χ3v) is 5.76. The fourth-order valence-electron chi connectivity index (χ4n) is 3.55. The molecule has 0 spiro atoms. The normalized spacial score (nSPS) is 28.6. The van der Waals surface area contributed by atoms with Gasteiger partial charge in [0.05, 0.1) is 5.02 Å². The number of carbonyl (C=O) groups is 1. The fourth-order valence-corrected chi connectivity index (χ4v) is 4.64. The van der Waals surface area contributed by atoms with Gasteiger partial charge in [0.1, 0.15) is 4.88 Å². The molecule has 1 aromatic heterocycles. The Morgan fingerprint density at radius 1 is 1.45 bits per heavy atom. The lowest BCUT2D eigenvalue weighted by Crippen LogP contribution is -2.50. The Morgan fingerprint density at radius 2 is 2.15 bits per heavy atom. The Hall–Kier alpha value is -0.580. The lowest BCUT2D eigenvalue weighted by molar-refractivity contribution is 0.0622. The first-order valence-corrected chi connectivity index (χ1v) is 8.74. The smallest absolute Gasteiger partial charge is 0.265 e. The molecule has 0 radical (unpaired) electrons. The maximum Gasteiger partial charge on any atom is 0.265 e. The highest BCUT2D eigenvalue weighted by Crippen LogP contribution is 2.32. The predicted molar refractivity (Wildman–Crippen MR) is 83.6 cm³/mol. The minimum Gasteiger partial charge on any atom is -0.335 e. The van der Waals surface area contributed by atoms with Crippen LogP contribution in [0.5, 0.6) is 0 Å². The molecule has 2 atom stereocenters. The number of amides is 1. The summed E-state index contributed by atoms with van der Waals surface area (Å²) in [6.07, 6.45) is 5.69. The average Bonchev–Trinajstić information content (AvgIpc) is 3.01. The minimum absolute atomic E-state index is 0.123. The van der Waals surface area contributed by atoms with E-state index in [4.69, 9.17) is 11.6 Å². The van der Waals surface area contributed by atoms with Gasteiger partial charge in [-0.15, -0.1) is 11.3 Å². The van der Waals surface area contributed by atoms with E-state index >= 15 is 0 Å². The SMILES string of the molecule is CCCN(C(=O)c1sccc1Cl)C1CC2CCC(C1)N2. The standard InChI is InChI=1S/C15H21ClN2OS/c1-2-6-18(15(19)14-13(16)5-7-20-14)12-8-10-3-4-11(9-12)17-10/h5,7,10-12,17H,2-4,6,8-9H2,1H3. The van der Waals surface area contributed by atoms with Gasteiger partial charge in [-0.25, -0.2) is 0 Å². The number of thiophene rings is 1. The van der Waals surface area contributed by atoms with Crippen molar-refractivity contribution in [2.24, 2.45) is 0 Å². The van der Waals surface area contributed by atoms with Gasteiger partial charge in [0.15, 0.2) is 0 Å². The first kappa shape index (κ1) is 14.4. The first-order chi connectivity index (χ1) is 9.69. The second-order valence-electron chi connectivity index (χ2n) is 5.86. The first-order valence-electron chi connectivity index (χ1n) is 7.49. The summed E-state index contributed by atoms with van der Waals surface area (Å²) in [7, 11) is 0. The molecule has 3 nitrogen and oxygen atoms in total. The molecular formula is C15H21ClN2OS. The van der Waals surface area contributed by atoms with Gasteiger partial charge >= 0.3 is 0 Å². The van der Waals surface area contributed by atoms with E-state index < -0.39 is 0 Å². The summed E-state index contributed by atoms with van der Waals surface area (Å²) >= 11 is 7.59. The average molecular weight is 313 g/mol. The van der Waals surface area contributed by atoms with Crippen molar-refractivity contribution in [1.29, 1.82) is 0 Å². The highest BCUT2D eigenvalue weighted by molar-refractivity contribution is 7.12. The van der Waals surface area contributed by atoms with Crippen LogP contribution in [0.25, 0.3) is 0 Å². The molecule has 2 aliphatic rings. The number of hydrogen-bond acceptors (Lipinski definition) is 3. The summed E-state index contributed by atoms with van der Waals surface area (Å²) in [6.45, 7) is 2.96. The molecule has 5 heteroatoms. The van der Waals surface area contributed by atoms with E-state index in [9.17, 15) is 4.79 Å². The van der Waals surface area contributed by atoms with Crippen LogP contribution in [-0.4, -0.2) is 35.5 Å². The van der Waals surface area contributed by atoms with Crippen molar-refractivity contribution in [2.75, 3.05) is 6.54 Å². The number of fused-ring (bicyclic) bond motifs is 2. The Morgan fingerprint density at radius 3 is 2.70 bits per heavy atom.